The van der Waals surface area contributed by atoms with Crippen LogP contribution in [-0.2, 0) is 6.42 Å². The van der Waals surface area contributed by atoms with Crippen LogP contribution in [0.1, 0.15) is 31.7 Å². The van der Waals surface area contributed by atoms with Crippen LogP contribution in [-0.4, -0.2) is 60.7 Å². The van der Waals surface area contributed by atoms with Crippen LogP contribution in [0.4, 0.5) is 18.9 Å². The second kappa shape index (κ2) is 12.9. The largest absolute Gasteiger partial charge is 0.401 e. The van der Waals surface area contributed by atoms with Crippen molar-refractivity contribution < 1.29 is 18.1 Å². The van der Waals surface area contributed by atoms with Gasteiger partial charge in [0, 0.05) is 44.4 Å². The highest BCUT2D eigenvalue weighted by molar-refractivity contribution is 14.0. The first kappa shape index (κ1) is 26.4. The third-order valence-corrected chi connectivity index (χ3v) is 4.65. The molecule has 1 aromatic rings. The minimum absolute atomic E-state index is 0. The van der Waals surface area contributed by atoms with Crippen molar-refractivity contribution in [3.8, 4) is 0 Å². The molecule has 1 aliphatic heterocycles. The Morgan fingerprint density at radius 2 is 2.00 bits per heavy atom. The number of halogens is 4. The van der Waals surface area contributed by atoms with Crippen molar-refractivity contribution >= 4 is 35.6 Å². The monoisotopic (exact) mass is 543 g/mol. The Balaban J connectivity index is 0.00000450. The third-order valence-electron chi connectivity index (χ3n) is 4.65. The number of nitrogens with zero attached hydrogens (tertiary/aromatic N) is 3. The van der Waals surface area contributed by atoms with Gasteiger partial charge in [0.05, 0.1) is 11.5 Å². The average Bonchev–Trinajstić information content (AvgIpc) is 3.06. The van der Waals surface area contributed by atoms with Crippen LogP contribution in [0.25, 0.3) is 0 Å². The van der Waals surface area contributed by atoms with Crippen LogP contribution >= 0.6 is 24.0 Å². The van der Waals surface area contributed by atoms with Crippen molar-refractivity contribution in [1.29, 1.82) is 0 Å². The molecule has 11 heteroatoms. The Morgan fingerprint density at radius 1 is 1.30 bits per heavy atom. The van der Waals surface area contributed by atoms with E-state index in [-0.39, 0.29) is 35.7 Å². The fourth-order valence-corrected chi connectivity index (χ4v) is 3.28. The number of guanidine groups is 1. The van der Waals surface area contributed by atoms with E-state index in [1.807, 2.05) is 6.92 Å². The molecule has 0 bridgehead atoms. The SMILES string of the molecule is CCNC(=NCCCCc1ccc([N+](=O)[O-])cc1)NC1CCN(CC(F)(F)F)C1.I. The summed E-state index contributed by atoms with van der Waals surface area (Å²) in [5.74, 6) is 0.627. The van der Waals surface area contributed by atoms with Gasteiger partial charge in [0.15, 0.2) is 5.96 Å². The van der Waals surface area contributed by atoms with Crippen molar-refractivity contribution in [1.82, 2.24) is 15.5 Å². The van der Waals surface area contributed by atoms with E-state index < -0.39 is 17.6 Å². The molecular weight excluding hydrogens is 514 g/mol. The molecule has 30 heavy (non-hydrogen) atoms. The van der Waals surface area contributed by atoms with Crippen molar-refractivity contribution in [3.63, 3.8) is 0 Å². The van der Waals surface area contributed by atoms with Crippen LogP contribution in [0.2, 0.25) is 0 Å². The Labute approximate surface area is 191 Å². The summed E-state index contributed by atoms with van der Waals surface area (Å²) in [4.78, 5) is 16.2. The molecule has 0 radical (unpaired) electrons. The number of likely N-dealkylation sites (tertiary alicyclic amines) is 1. The van der Waals surface area contributed by atoms with Gasteiger partial charge in [-0.25, -0.2) is 0 Å². The molecule has 1 unspecified atom stereocenters. The minimum Gasteiger partial charge on any atom is -0.357 e. The van der Waals surface area contributed by atoms with Crippen LogP contribution in [0.3, 0.4) is 0 Å². The van der Waals surface area contributed by atoms with Crippen LogP contribution in [0.5, 0.6) is 0 Å². The maximum Gasteiger partial charge on any atom is 0.401 e. The third kappa shape index (κ3) is 9.92. The quantitative estimate of drug-likeness (QED) is 0.124. The molecule has 0 spiro atoms. The molecule has 0 amide bonds. The highest BCUT2D eigenvalue weighted by Gasteiger charge is 2.34. The van der Waals surface area contributed by atoms with Crippen molar-refractivity contribution in [2.75, 3.05) is 32.7 Å². The van der Waals surface area contributed by atoms with Crippen molar-refractivity contribution in [2.24, 2.45) is 4.99 Å². The van der Waals surface area contributed by atoms with Gasteiger partial charge in [-0.05, 0) is 38.2 Å². The summed E-state index contributed by atoms with van der Waals surface area (Å²) in [5.41, 5.74) is 1.13. The molecule has 1 aliphatic rings. The summed E-state index contributed by atoms with van der Waals surface area (Å²) in [7, 11) is 0. The van der Waals surface area contributed by atoms with Gasteiger partial charge in [0.25, 0.3) is 5.69 Å². The lowest BCUT2D eigenvalue weighted by Gasteiger charge is -2.19. The van der Waals surface area contributed by atoms with Crippen LogP contribution in [0, 0.1) is 10.1 Å². The number of nitrogens with one attached hydrogen (secondary N) is 2. The van der Waals surface area contributed by atoms with Gasteiger partial charge in [-0.15, -0.1) is 24.0 Å². The van der Waals surface area contributed by atoms with E-state index in [0.717, 1.165) is 24.8 Å². The standard InChI is InChI=1S/C19H28F3N5O2.HI/c1-2-23-18(25-16-10-12-26(13-16)14-19(20,21)22)24-11-4-3-5-15-6-8-17(9-7-15)27(28)29;/h6-9,16H,2-5,10-14H2,1H3,(H2,23,24,25);1H. The molecular formula is C19H29F3IN5O2. The average molecular weight is 543 g/mol. The molecule has 1 fully saturated rings. The minimum atomic E-state index is -4.17. The zero-order valence-electron chi connectivity index (χ0n) is 17.0. The lowest BCUT2D eigenvalue weighted by Crippen LogP contribution is -2.45. The van der Waals surface area contributed by atoms with Gasteiger partial charge in [-0.1, -0.05) is 12.1 Å². The summed E-state index contributed by atoms with van der Waals surface area (Å²) in [6.45, 7) is 3.11. The number of unbranched alkanes of at least 4 members (excludes halogenated alkanes) is 1. The van der Waals surface area contributed by atoms with Crippen LogP contribution in [0.15, 0.2) is 29.3 Å². The van der Waals surface area contributed by atoms with E-state index >= 15 is 0 Å². The maximum absolute atomic E-state index is 12.5. The Kier molecular flexibility index (Phi) is 11.4. The van der Waals surface area contributed by atoms with E-state index in [1.165, 1.54) is 17.0 Å². The molecule has 7 nitrogen and oxygen atoms in total. The first-order chi connectivity index (χ1) is 13.8. The number of alkyl halides is 3. The number of hydrogen-bond donors (Lipinski definition) is 2. The molecule has 170 valence electrons. The summed E-state index contributed by atoms with van der Waals surface area (Å²) in [5, 5.41) is 17.0. The molecule has 1 saturated heterocycles. The highest BCUT2D eigenvalue weighted by atomic mass is 127. The number of nitro groups is 1. The highest BCUT2D eigenvalue weighted by Crippen LogP contribution is 2.20. The molecule has 0 aliphatic carbocycles. The molecule has 1 heterocycles. The number of benzene rings is 1. The lowest BCUT2D eigenvalue weighted by atomic mass is 10.1. The van der Waals surface area contributed by atoms with Crippen LogP contribution < -0.4 is 10.6 Å². The summed E-state index contributed by atoms with van der Waals surface area (Å²) < 4.78 is 37.5. The predicted octanol–water partition coefficient (Wildman–Crippen LogP) is 3.73. The van der Waals surface area contributed by atoms with Gasteiger partial charge >= 0.3 is 6.18 Å². The van der Waals surface area contributed by atoms with Crippen molar-refractivity contribution in [2.45, 2.75) is 44.8 Å². The van der Waals surface area contributed by atoms with E-state index in [4.69, 9.17) is 0 Å². The van der Waals surface area contributed by atoms with Gasteiger partial charge in [0.2, 0.25) is 0 Å². The first-order valence-corrected chi connectivity index (χ1v) is 9.84. The van der Waals surface area contributed by atoms with E-state index in [1.54, 1.807) is 12.1 Å². The second-order valence-electron chi connectivity index (χ2n) is 7.12. The molecule has 1 aromatic carbocycles. The zero-order valence-corrected chi connectivity index (χ0v) is 19.3. The van der Waals surface area contributed by atoms with E-state index in [2.05, 4.69) is 15.6 Å². The molecule has 2 N–H and O–H groups in total. The number of aliphatic imine (C=N–C) groups is 1. The lowest BCUT2D eigenvalue weighted by molar-refractivity contribution is -0.384. The summed E-state index contributed by atoms with van der Waals surface area (Å²) in [6, 6.07) is 6.49. The predicted molar refractivity (Wildman–Crippen MR) is 121 cm³/mol. The number of nitro benzene ring substituents is 1. The van der Waals surface area contributed by atoms with Crippen molar-refractivity contribution in [3.05, 3.63) is 39.9 Å². The molecule has 2 rings (SSSR count). The fourth-order valence-electron chi connectivity index (χ4n) is 3.28. The van der Waals surface area contributed by atoms with Gasteiger partial charge in [0.1, 0.15) is 0 Å². The second-order valence-corrected chi connectivity index (χ2v) is 7.12. The summed E-state index contributed by atoms with van der Waals surface area (Å²) >= 11 is 0. The normalized spacial score (nSPS) is 17.5. The number of non-ortho nitro benzene ring substituents is 1. The van der Waals surface area contributed by atoms with Gasteiger partial charge in [-0.2, -0.15) is 13.2 Å². The number of aryl methyl sites for hydroxylation is 1. The molecule has 1 atom stereocenters. The maximum atomic E-state index is 12.5. The number of rotatable bonds is 9. The smallest absolute Gasteiger partial charge is 0.357 e. The molecule has 0 aromatic heterocycles. The topological polar surface area (TPSA) is 82.8 Å². The Morgan fingerprint density at radius 3 is 2.60 bits per heavy atom. The van der Waals surface area contributed by atoms with Gasteiger partial charge in [-0.3, -0.25) is 20.0 Å². The fraction of sp³-hybridized carbons (Fsp3) is 0.632. The number of hydrogen-bond acceptors (Lipinski definition) is 4. The Bertz CT molecular complexity index is 686. The Hall–Kier alpha value is -1.63. The first-order valence-electron chi connectivity index (χ1n) is 9.84. The van der Waals surface area contributed by atoms with E-state index in [9.17, 15) is 23.3 Å². The van der Waals surface area contributed by atoms with Gasteiger partial charge < -0.3 is 10.6 Å². The molecule has 0 saturated carbocycles. The van der Waals surface area contributed by atoms with E-state index in [0.29, 0.717) is 38.6 Å². The zero-order chi connectivity index (χ0) is 21.3. The summed E-state index contributed by atoms with van der Waals surface area (Å²) in [6.07, 6.45) is -0.966.